The molecule has 0 aliphatic heterocycles. The summed E-state index contributed by atoms with van der Waals surface area (Å²) in [5, 5.41) is 0. The highest BCUT2D eigenvalue weighted by Crippen LogP contribution is 2.43. The Labute approximate surface area is 110 Å². The number of benzene rings is 1. The lowest BCUT2D eigenvalue weighted by Crippen LogP contribution is -2.11. The summed E-state index contributed by atoms with van der Waals surface area (Å²) < 4.78 is 48.9. The summed E-state index contributed by atoms with van der Waals surface area (Å²) in [4.78, 5) is 0. The SMILES string of the molecule is COc1cc(C(C)CCN)cc(C(F)(F)F)c1OC. The summed E-state index contributed by atoms with van der Waals surface area (Å²) in [7, 11) is 2.51. The van der Waals surface area contributed by atoms with Gasteiger partial charge >= 0.3 is 6.18 Å². The number of hydrogen-bond acceptors (Lipinski definition) is 3. The molecule has 6 heteroatoms. The van der Waals surface area contributed by atoms with Crippen LogP contribution in [0, 0.1) is 0 Å². The topological polar surface area (TPSA) is 44.5 Å². The molecule has 1 aromatic carbocycles. The molecule has 0 saturated heterocycles. The van der Waals surface area contributed by atoms with Crippen LogP contribution in [0.2, 0.25) is 0 Å². The molecule has 0 spiro atoms. The molecule has 1 unspecified atom stereocenters. The van der Waals surface area contributed by atoms with E-state index < -0.39 is 11.7 Å². The van der Waals surface area contributed by atoms with Gasteiger partial charge in [0.25, 0.3) is 0 Å². The second-order valence-electron chi connectivity index (χ2n) is 4.28. The Bertz CT molecular complexity index is 433. The fraction of sp³-hybridized carbons (Fsp3) is 0.538. The van der Waals surface area contributed by atoms with E-state index >= 15 is 0 Å². The molecule has 0 aliphatic rings. The van der Waals surface area contributed by atoms with Crippen molar-refractivity contribution < 1.29 is 22.6 Å². The van der Waals surface area contributed by atoms with E-state index in [2.05, 4.69) is 0 Å². The second-order valence-corrected chi connectivity index (χ2v) is 4.28. The first-order valence-electron chi connectivity index (χ1n) is 5.88. The predicted octanol–water partition coefficient (Wildman–Crippen LogP) is 3.17. The van der Waals surface area contributed by atoms with Crippen molar-refractivity contribution in [1.29, 1.82) is 0 Å². The fourth-order valence-electron chi connectivity index (χ4n) is 1.90. The molecule has 0 amide bonds. The van der Waals surface area contributed by atoms with Crippen molar-refractivity contribution >= 4 is 0 Å². The maximum atomic E-state index is 13.0. The number of alkyl halides is 3. The molecule has 1 aromatic rings. The van der Waals surface area contributed by atoms with Gasteiger partial charge < -0.3 is 15.2 Å². The van der Waals surface area contributed by atoms with Crippen molar-refractivity contribution in [3.8, 4) is 11.5 Å². The number of nitrogens with two attached hydrogens (primary N) is 1. The van der Waals surface area contributed by atoms with Crippen LogP contribution in [0.1, 0.15) is 30.4 Å². The Morgan fingerprint density at radius 3 is 2.26 bits per heavy atom. The van der Waals surface area contributed by atoms with E-state index in [0.29, 0.717) is 18.5 Å². The number of methoxy groups -OCH3 is 2. The Morgan fingerprint density at radius 2 is 1.84 bits per heavy atom. The zero-order chi connectivity index (χ0) is 14.6. The molecule has 19 heavy (non-hydrogen) atoms. The number of ether oxygens (including phenoxy) is 2. The average molecular weight is 277 g/mol. The van der Waals surface area contributed by atoms with E-state index in [4.69, 9.17) is 15.2 Å². The first kappa shape index (κ1) is 15.6. The highest BCUT2D eigenvalue weighted by Gasteiger charge is 2.36. The normalized spacial score (nSPS) is 13.2. The van der Waals surface area contributed by atoms with Crippen molar-refractivity contribution in [2.24, 2.45) is 5.73 Å². The first-order chi connectivity index (χ1) is 8.85. The molecule has 108 valence electrons. The van der Waals surface area contributed by atoms with Crippen molar-refractivity contribution in [2.45, 2.75) is 25.4 Å². The molecule has 3 nitrogen and oxygen atoms in total. The number of rotatable bonds is 5. The van der Waals surface area contributed by atoms with Crippen LogP contribution < -0.4 is 15.2 Å². The monoisotopic (exact) mass is 277 g/mol. The fourth-order valence-corrected chi connectivity index (χ4v) is 1.90. The van der Waals surface area contributed by atoms with Crippen molar-refractivity contribution in [1.82, 2.24) is 0 Å². The molecule has 1 rings (SSSR count). The predicted molar refractivity (Wildman–Crippen MR) is 66.6 cm³/mol. The van der Waals surface area contributed by atoms with Gasteiger partial charge in [0.15, 0.2) is 11.5 Å². The molecule has 1 atom stereocenters. The lowest BCUT2D eigenvalue weighted by atomic mass is 9.95. The van der Waals surface area contributed by atoms with Crippen LogP contribution in [-0.4, -0.2) is 20.8 Å². The second kappa shape index (κ2) is 6.14. The van der Waals surface area contributed by atoms with Crippen molar-refractivity contribution in [3.63, 3.8) is 0 Å². The highest BCUT2D eigenvalue weighted by atomic mass is 19.4. The summed E-state index contributed by atoms with van der Waals surface area (Å²) >= 11 is 0. The van der Waals surface area contributed by atoms with Gasteiger partial charge in [0, 0.05) is 0 Å². The van der Waals surface area contributed by atoms with E-state index in [9.17, 15) is 13.2 Å². The zero-order valence-corrected chi connectivity index (χ0v) is 11.2. The minimum absolute atomic E-state index is 0.0779. The van der Waals surface area contributed by atoms with Crippen LogP contribution >= 0.6 is 0 Å². The summed E-state index contributed by atoms with van der Waals surface area (Å²) in [5.41, 5.74) is 5.15. The third kappa shape index (κ3) is 3.53. The molecule has 0 bridgehead atoms. The van der Waals surface area contributed by atoms with Crippen molar-refractivity contribution in [3.05, 3.63) is 23.3 Å². The maximum Gasteiger partial charge on any atom is 0.420 e. The third-order valence-electron chi connectivity index (χ3n) is 2.98. The molecule has 0 heterocycles. The maximum absolute atomic E-state index is 13.0. The lowest BCUT2D eigenvalue weighted by Gasteiger charge is -2.19. The van der Waals surface area contributed by atoms with E-state index in [-0.39, 0.29) is 17.4 Å². The Balaban J connectivity index is 3.38. The number of halogens is 3. The lowest BCUT2D eigenvalue weighted by molar-refractivity contribution is -0.138. The zero-order valence-electron chi connectivity index (χ0n) is 11.2. The molecule has 0 aliphatic carbocycles. The van der Waals surface area contributed by atoms with Gasteiger partial charge in [-0.05, 0) is 36.6 Å². The minimum Gasteiger partial charge on any atom is -0.493 e. The van der Waals surface area contributed by atoms with E-state index in [0.717, 1.165) is 6.07 Å². The van der Waals surface area contributed by atoms with Gasteiger partial charge in [-0.1, -0.05) is 6.92 Å². The highest BCUT2D eigenvalue weighted by molar-refractivity contribution is 5.51. The van der Waals surface area contributed by atoms with Gasteiger partial charge in [-0.15, -0.1) is 0 Å². The van der Waals surface area contributed by atoms with E-state index in [1.807, 2.05) is 6.92 Å². The standard InChI is InChI=1S/C13H18F3NO2/c1-8(4-5-17)9-6-10(13(14,15)16)12(19-3)11(7-9)18-2/h6-8H,4-5,17H2,1-3H3. The molecule has 0 fully saturated rings. The Kier molecular flexibility index (Phi) is 5.05. The van der Waals surface area contributed by atoms with Gasteiger partial charge in [-0.3, -0.25) is 0 Å². The molecular formula is C13H18F3NO2. The molecule has 0 saturated carbocycles. The smallest absolute Gasteiger partial charge is 0.420 e. The van der Waals surface area contributed by atoms with E-state index in [1.54, 1.807) is 6.07 Å². The summed E-state index contributed by atoms with van der Waals surface area (Å²) in [6.45, 7) is 2.24. The summed E-state index contributed by atoms with van der Waals surface area (Å²) in [6.07, 6.45) is -3.89. The number of hydrogen-bond donors (Lipinski definition) is 1. The average Bonchev–Trinajstić information content (AvgIpc) is 2.36. The molecule has 0 radical (unpaired) electrons. The molecule has 0 aromatic heterocycles. The van der Waals surface area contributed by atoms with Crippen LogP contribution in [0.15, 0.2) is 12.1 Å². The van der Waals surface area contributed by atoms with Gasteiger partial charge in [-0.2, -0.15) is 13.2 Å². The van der Waals surface area contributed by atoms with Crippen LogP contribution in [0.3, 0.4) is 0 Å². The van der Waals surface area contributed by atoms with Crippen LogP contribution in [0.4, 0.5) is 13.2 Å². The van der Waals surface area contributed by atoms with E-state index in [1.165, 1.54) is 14.2 Å². The van der Waals surface area contributed by atoms with Crippen LogP contribution in [0.25, 0.3) is 0 Å². The minimum atomic E-state index is -4.49. The molecular weight excluding hydrogens is 259 g/mol. The third-order valence-corrected chi connectivity index (χ3v) is 2.98. The quantitative estimate of drug-likeness (QED) is 0.899. The van der Waals surface area contributed by atoms with Crippen LogP contribution in [0.5, 0.6) is 11.5 Å². The Hall–Kier alpha value is -1.43. The summed E-state index contributed by atoms with van der Waals surface area (Å²) in [6, 6.07) is 2.66. The van der Waals surface area contributed by atoms with Crippen molar-refractivity contribution in [2.75, 3.05) is 20.8 Å². The Morgan fingerprint density at radius 1 is 1.21 bits per heavy atom. The summed E-state index contributed by atoms with van der Waals surface area (Å²) in [5.74, 6) is -0.291. The first-order valence-corrected chi connectivity index (χ1v) is 5.88. The van der Waals surface area contributed by atoms with Gasteiger partial charge in [0.05, 0.1) is 14.2 Å². The van der Waals surface area contributed by atoms with Gasteiger partial charge in [0.2, 0.25) is 0 Å². The molecule has 2 N–H and O–H groups in total. The van der Waals surface area contributed by atoms with Gasteiger partial charge in [0.1, 0.15) is 5.56 Å². The van der Waals surface area contributed by atoms with Crippen LogP contribution in [-0.2, 0) is 6.18 Å². The van der Waals surface area contributed by atoms with Gasteiger partial charge in [-0.25, -0.2) is 0 Å². The largest absolute Gasteiger partial charge is 0.493 e.